The highest BCUT2D eigenvalue weighted by Gasteiger charge is 2.12. The summed E-state index contributed by atoms with van der Waals surface area (Å²) in [6.45, 7) is 17.6. The molecule has 41 heavy (non-hydrogen) atoms. The van der Waals surface area contributed by atoms with Crippen LogP contribution in [-0.4, -0.2) is 67.1 Å². The summed E-state index contributed by atoms with van der Waals surface area (Å²) in [5.41, 5.74) is 4.21. The first-order valence-corrected chi connectivity index (χ1v) is 15.1. The highest BCUT2D eigenvalue weighted by atomic mass is 32.2. The maximum Gasteiger partial charge on any atom is 0.321 e. The maximum absolute atomic E-state index is 11.3. The number of anilines is 2. The van der Waals surface area contributed by atoms with E-state index < -0.39 is 0 Å². The molecule has 3 N–H and O–H groups in total. The summed E-state index contributed by atoms with van der Waals surface area (Å²) in [6, 6.07) is 15.7. The maximum atomic E-state index is 11.3. The summed E-state index contributed by atoms with van der Waals surface area (Å²) in [5.74, 6) is 1.59. The molecule has 0 saturated heterocycles. The van der Waals surface area contributed by atoms with Gasteiger partial charge in [0.1, 0.15) is 0 Å². The van der Waals surface area contributed by atoms with Gasteiger partial charge in [0, 0.05) is 51.4 Å². The first-order valence-electron chi connectivity index (χ1n) is 14.2. The molecule has 2 aromatic rings. The number of hydrogen-bond donors (Lipinski definition) is 3. The van der Waals surface area contributed by atoms with Crippen LogP contribution < -0.4 is 16.0 Å². The van der Waals surface area contributed by atoms with Crippen molar-refractivity contribution < 1.29 is 14.4 Å². The Hall–Kier alpha value is -3.20. The van der Waals surface area contributed by atoms with Gasteiger partial charge in [0.25, 0.3) is 5.24 Å². The topological polar surface area (TPSA) is 93.8 Å². The van der Waals surface area contributed by atoms with Crippen LogP contribution in [0.3, 0.4) is 0 Å². The second-order valence-corrected chi connectivity index (χ2v) is 12.4. The largest absolute Gasteiger partial charge is 0.347 e. The van der Waals surface area contributed by atoms with Crippen molar-refractivity contribution >= 4 is 40.4 Å². The van der Waals surface area contributed by atoms with Gasteiger partial charge in [0.15, 0.2) is 0 Å². The van der Waals surface area contributed by atoms with Gasteiger partial charge in [0.05, 0.1) is 0 Å². The van der Waals surface area contributed by atoms with E-state index in [2.05, 4.69) is 64.4 Å². The summed E-state index contributed by atoms with van der Waals surface area (Å²) < 4.78 is 0. The quantitative estimate of drug-likeness (QED) is 0.304. The van der Waals surface area contributed by atoms with Gasteiger partial charge in [-0.15, -0.1) is 0 Å². The van der Waals surface area contributed by atoms with E-state index in [1.54, 1.807) is 28.2 Å². The van der Waals surface area contributed by atoms with Crippen molar-refractivity contribution in [1.29, 1.82) is 0 Å². The third kappa shape index (κ3) is 16.6. The monoisotopic (exact) mass is 587 g/mol. The lowest BCUT2D eigenvalue weighted by molar-refractivity contribution is 0.230. The first kappa shape index (κ1) is 37.8. The van der Waals surface area contributed by atoms with Crippen LogP contribution >= 0.6 is 11.8 Å². The molecule has 5 amide bonds. The minimum atomic E-state index is -0.104. The molecule has 230 valence electrons. The third-order valence-electron chi connectivity index (χ3n) is 6.02. The summed E-state index contributed by atoms with van der Waals surface area (Å²) >= 11 is 1.38. The van der Waals surface area contributed by atoms with Crippen LogP contribution in [0.25, 0.3) is 0 Å². The van der Waals surface area contributed by atoms with E-state index >= 15 is 0 Å². The van der Waals surface area contributed by atoms with E-state index in [-0.39, 0.29) is 17.3 Å². The Bertz CT molecular complexity index is 967. The number of carbonyl (C=O) groups excluding carboxylic acids is 3. The molecule has 8 nitrogen and oxygen atoms in total. The van der Waals surface area contributed by atoms with Gasteiger partial charge < -0.3 is 25.8 Å². The van der Waals surface area contributed by atoms with Crippen LogP contribution in [0.15, 0.2) is 48.5 Å². The highest BCUT2D eigenvalue weighted by molar-refractivity contribution is 8.14. The van der Waals surface area contributed by atoms with Gasteiger partial charge in [-0.3, -0.25) is 4.79 Å². The third-order valence-corrected chi connectivity index (χ3v) is 7.30. The lowest BCUT2D eigenvalue weighted by atomic mass is 10.0. The molecule has 2 aromatic carbocycles. The summed E-state index contributed by atoms with van der Waals surface area (Å²) in [4.78, 5) is 36.7. The van der Waals surface area contributed by atoms with Gasteiger partial charge in [-0.1, -0.05) is 84.5 Å². The Morgan fingerprint density at radius 2 is 1.00 bits per heavy atom. The zero-order valence-electron chi connectivity index (χ0n) is 27.2. The number of nitrogens with zero attached hydrogens (tertiary/aromatic N) is 2. The summed E-state index contributed by atoms with van der Waals surface area (Å²) in [7, 11) is 6.88. The number of amides is 5. The van der Waals surface area contributed by atoms with Crippen molar-refractivity contribution in [2.24, 2.45) is 5.92 Å². The average Bonchev–Trinajstić information content (AvgIpc) is 2.90. The Morgan fingerprint density at radius 1 is 0.659 bits per heavy atom. The average molecular weight is 588 g/mol. The van der Waals surface area contributed by atoms with Gasteiger partial charge >= 0.3 is 12.1 Å². The molecule has 0 aromatic heterocycles. The van der Waals surface area contributed by atoms with Crippen molar-refractivity contribution in [3.8, 4) is 0 Å². The summed E-state index contributed by atoms with van der Waals surface area (Å²) in [6.07, 6.45) is 0. The van der Waals surface area contributed by atoms with Crippen LogP contribution in [0.1, 0.15) is 78.4 Å². The van der Waals surface area contributed by atoms with Crippen molar-refractivity contribution in [3.63, 3.8) is 0 Å². The standard InChI is InChI=1S/2C12H18N2O.C8H17NOS/c2*1-9(2)10-5-7-11(8-6-10)13-12(15)14(3)4;1-5-9-8(10)11-7(4)6(2)3/h2*5-9H,1-4H3,(H,13,15);6-7H,5H2,1-4H3,(H,9,10). The molecule has 9 heteroatoms. The molecule has 0 radical (unpaired) electrons. The van der Waals surface area contributed by atoms with Crippen LogP contribution in [0.4, 0.5) is 25.8 Å². The Kier molecular flexibility index (Phi) is 18.3. The predicted molar refractivity (Wildman–Crippen MR) is 177 cm³/mol. The Labute approximate surface area is 253 Å². The zero-order chi connectivity index (χ0) is 31.7. The molecule has 0 heterocycles. The van der Waals surface area contributed by atoms with E-state index in [9.17, 15) is 14.4 Å². The smallest absolute Gasteiger partial charge is 0.321 e. The van der Waals surface area contributed by atoms with Crippen molar-refractivity contribution in [1.82, 2.24) is 15.1 Å². The Morgan fingerprint density at radius 3 is 1.24 bits per heavy atom. The van der Waals surface area contributed by atoms with E-state index in [4.69, 9.17) is 0 Å². The van der Waals surface area contributed by atoms with E-state index in [1.807, 2.05) is 55.5 Å². The molecule has 0 aliphatic rings. The molecule has 0 saturated carbocycles. The van der Waals surface area contributed by atoms with Gasteiger partial charge in [-0.05, 0) is 60.1 Å². The van der Waals surface area contributed by atoms with Crippen LogP contribution in [0.2, 0.25) is 0 Å². The molecular formula is C32H53N5O3S. The number of nitrogens with one attached hydrogen (secondary N) is 3. The minimum absolute atomic E-state index is 0.0914. The fraction of sp³-hybridized carbons (Fsp3) is 0.531. The number of urea groups is 2. The van der Waals surface area contributed by atoms with E-state index in [0.29, 0.717) is 23.0 Å². The molecule has 0 spiro atoms. The van der Waals surface area contributed by atoms with Crippen LogP contribution in [0, 0.1) is 5.92 Å². The van der Waals surface area contributed by atoms with E-state index in [0.717, 1.165) is 17.9 Å². The molecule has 0 aliphatic heterocycles. The first-order chi connectivity index (χ1) is 19.1. The molecule has 0 fully saturated rings. The lowest BCUT2D eigenvalue weighted by Gasteiger charge is -2.13. The number of carbonyl (C=O) groups is 3. The van der Waals surface area contributed by atoms with Gasteiger partial charge in [-0.2, -0.15) is 0 Å². The fourth-order valence-corrected chi connectivity index (χ4v) is 3.70. The SMILES string of the molecule is CC(C)c1ccc(NC(=O)N(C)C)cc1.CC(C)c1ccc(NC(=O)N(C)C)cc1.CCNC(=O)SC(C)C(C)C. The van der Waals surface area contributed by atoms with Gasteiger partial charge in [0.2, 0.25) is 0 Å². The molecule has 2 rings (SSSR count). The highest BCUT2D eigenvalue weighted by Crippen LogP contribution is 2.19. The number of hydrogen-bond acceptors (Lipinski definition) is 4. The second kappa shape index (κ2) is 19.8. The van der Waals surface area contributed by atoms with Crippen LogP contribution in [0.5, 0.6) is 0 Å². The van der Waals surface area contributed by atoms with Crippen molar-refractivity contribution in [2.75, 3.05) is 45.4 Å². The van der Waals surface area contributed by atoms with Crippen molar-refractivity contribution in [3.05, 3.63) is 59.7 Å². The van der Waals surface area contributed by atoms with E-state index in [1.165, 1.54) is 32.7 Å². The number of benzene rings is 2. The Balaban J connectivity index is 0.000000595. The fourth-order valence-electron chi connectivity index (χ4n) is 2.86. The summed E-state index contributed by atoms with van der Waals surface area (Å²) in [5, 5.41) is 8.84. The normalized spacial score (nSPS) is 11.0. The zero-order valence-corrected chi connectivity index (χ0v) is 28.0. The molecule has 1 atom stereocenters. The van der Waals surface area contributed by atoms with Gasteiger partial charge in [-0.25, -0.2) is 9.59 Å². The van der Waals surface area contributed by atoms with Crippen LogP contribution in [-0.2, 0) is 0 Å². The van der Waals surface area contributed by atoms with Crippen molar-refractivity contribution in [2.45, 2.75) is 72.5 Å². The molecule has 1 unspecified atom stereocenters. The minimum Gasteiger partial charge on any atom is -0.347 e. The molecular weight excluding hydrogens is 534 g/mol. The molecule has 0 aliphatic carbocycles. The lowest BCUT2D eigenvalue weighted by Crippen LogP contribution is -2.27. The second-order valence-electron chi connectivity index (χ2n) is 11.1. The molecule has 0 bridgehead atoms. The number of rotatable bonds is 7. The number of thioether (sulfide) groups is 1. The predicted octanol–water partition coefficient (Wildman–Crippen LogP) is 8.30.